The van der Waals surface area contributed by atoms with Crippen LogP contribution in [0.15, 0.2) is 18.2 Å². The van der Waals surface area contributed by atoms with Crippen molar-refractivity contribution < 1.29 is 14.6 Å². The highest BCUT2D eigenvalue weighted by molar-refractivity contribution is 6.17. The molecule has 0 saturated carbocycles. The highest BCUT2D eigenvalue weighted by atomic mass is 35.5. The number of aryl methyl sites for hydroxylation is 1. The molecule has 0 amide bonds. The zero-order chi connectivity index (χ0) is 15.3. The average Bonchev–Trinajstić information content (AvgIpc) is 2.40. The van der Waals surface area contributed by atoms with E-state index in [2.05, 4.69) is 5.92 Å². The van der Waals surface area contributed by atoms with Crippen LogP contribution in [0.25, 0.3) is 0 Å². The summed E-state index contributed by atoms with van der Waals surface area (Å²) in [5, 5.41) is 9.43. The number of terminal acetylenes is 1. The first kappa shape index (κ1) is 16.6. The second kappa shape index (κ2) is 6.78. The van der Waals surface area contributed by atoms with Crippen LogP contribution in [0.1, 0.15) is 36.6 Å². The third-order valence-corrected chi connectivity index (χ3v) is 3.55. The lowest BCUT2D eigenvalue weighted by Crippen LogP contribution is -2.33. The Bertz CT molecular complexity index is 529. The second-order valence-electron chi connectivity index (χ2n) is 5.26. The summed E-state index contributed by atoms with van der Waals surface area (Å²) in [6.45, 7) is 5.25. The minimum atomic E-state index is -1.10. The lowest BCUT2D eigenvalue weighted by atomic mass is 9.81. The number of carboxylic acid groups (broad SMARTS) is 1. The molecule has 0 aliphatic heterocycles. The molecule has 0 heterocycles. The van der Waals surface area contributed by atoms with Gasteiger partial charge in [0.2, 0.25) is 0 Å². The molecule has 0 saturated heterocycles. The molecule has 1 rings (SSSR count). The van der Waals surface area contributed by atoms with E-state index in [-0.39, 0.29) is 6.61 Å². The van der Waals surface area contributed by atoms with Gasteiger partial charge in [0.25, 0.3) is 0 Å². The Labute approximate surface area is 124 Å². The van der Waals surface area contributed by atoms with Crippen LogP contribution in [-0.2, 0) is 15.4 Å². The molecule has 0 aliphatic rings. The summed E-state index contributed by atoms with van der Waals surface area (Å²) >= 11 is 5.97. The van der Waals surface area contributed by atoms with Gasteiger partial charge in [-0.2, -0.15) is 0 Å². The van der Waals surface area contributed by atoms with Crippen LogP contribution < -0.4 is 0 Å². The van der Waals surface area contributed by atoms with Crippen molar-refractivity contribution in [3.05, 3.63) is 34.9 Å². The molecule has 20 heavy (non-hydrogen) atoms. The summed E-state index contributed by atoms with van der Waals surface area (Å²) in [5.74, 6) is 1.73. The monoisotopic (exact) mass is 294 g/mol. The molecule has 1 aromatic carbocycles. The van der Waals surface area contributed by atoms with E-state index in [1.54, 1.807) is 13.8 Å². The molecule has 1 unspecified atom stereocenters. The fourth-order valence-corrected chi connectivity index (χ4v) is 2.27. The maximum atomic E-state index is 11.5. The maximum Gasteiger partial charge on any atom is 0.312 e. The molecule has 0 bridgehead atoms. The summed E-state index contributed by atoms with van der Waals surface area (Å²) in [6, 6.07) is 5.71. The third-order valence-electron chi connectivity index (χ3n) is 3.26. The molecular formula is C16H19ClO3. The Morgan fingerprint density at radius 2 is 2.20 bits per heavy atom. The predicted octanol–water partition coefficient (Wildman–Crippen LogP) is 3.54. The average molecular weight is 295 g/mol. The van der Waals surface area contributed by atoms with E-state index in [1.165, 1.54) is 0 Å². The number of hydrogen-bond acceptors (Lipinski definition) is 2. The first-order valence-electron chi connectivity index (χ1n) is 6.28. The van der Waals surface area contributed by atoms with Crippen molar-refractivity contribution in [2.45, 2.75) is 32.8 Å². The molecule has 0 aliphatic carbocycles. The van der Waals surface area contributed by atoms with Gasteiger partial charge in [0.05, 0.1) is 11.5 Å². The fraction of sp³-hybridized carbons (Fsp3) is 0.438. The zero-order valence-corrected chi connectivity index (χ0v) is 12.7. The number of alkyl halides is 1. The van der Waals surface area contributed by atoms with Gasteiger partial charge >= 0.3 is 5.97 Å². The number of benzene rings is 1. The smallest absolute Gasteiger partial charge is 0.312 e. The van der Waals surface area contributed by atoms with Gasteiger partial charge in [0.1, 0.15) is 6.61 Å². The number of halogens is 1. The number of carboxylic acids is 1. The number of hydrogen-bond donors (Lipinski definition) is 1. The van der Waals surface area contributed by atoms with Crippen molar-refractivity contribution in [2.75, 3.05) is 6.61 Å². The summed E-state index contributed by atoms with van der Waals surface area (Å²) in [7, 11) is 0. The lowest BCUT2D eigenvalue weighted by Gasteiger charge is -2.31. The van der Waals surface area contributed by atoms with Gasteiger partial charge in [-0.1, -0.05) is 29.7 Å². The maximum absolute atomic E-state index is 11.5. The Hall–Kier alpha value is -1.50. The van der Waals surface area contributed by atoms with Gasteiger partial charge < -0.3 is 9.84 Å². The van der Waals surface area contributed by atoms with Crippen molar-refractivity contribution >= 4 is 17.6 Å². The summed E-state index contributed by atoms with van der Waals surface area (Å²) in [6.07, 6.45) is 4.57. The van der Waals surface area contributed by atoms with E-state index in [0.29, 0.717) is 5.88 Å². The molecule has 1 aromatic rings. The van der Waals surface area contributed by atoms with E-state index in [1.807, 2.05) is 25.1 Å². The molecular weight excluding hydrogens is 276 g/mol. The zero-order valence-electron chi connectivity index (χ0n) is 11.9. The van der Waals surface area contributed by atoms with E-state index >= 15 is 0 Å². The van der Waals surface area contributed by atoms with E-state index < -0.39 is 17.5 Å². The van der Waals surface area contributed by atoms with Crippen LogP contribution in [0.3, 0.4) is 0 Å². The van der Waals surface area contributed by atoms with Gasteiger partial charge in [-0.25, -0.2) is 0 Å². The molecule has 0 aromatic heterocycles. The minimum absolute atomic E-state index is 0.0526. The van der Waals surface area contributed by atoms with Crippen LogP contribution in [0, 0.1) is 24.7 Å². The van der Waals surface area contributed by atoms with Gasteiger partial charge in [-0.05, 0) is 31.9 Å². The summed E-state index contributed by atoms with van der Waals surface area (Å²) < 4.78 is 5.61. The number of aliphatic carboxylic acids is 1. The predicted molar refractivity (Wildman–Crippen MR) is 79.7 cm³/mol. The number of carbonyl (C=O) groups is 1. The summed E-state index contributed by atoms with van der Waals surface area (Å²) in [4.78, 5) is 11.5. The molecule has 0 radical (unpaired) electrons. The largest absolute Gasteiger partial charge is 0.481 e. The highest BCUT2D eigenvalue weighted by Gasteiger charge is 2.39. The normalized spacial score (nSPS) is 12.8. The van der Waals surface area contributed by atoms with Crippen LogP contribution >= 0.6 is 11.6 Å². The van der Waals surface area contributed by atoms with E-state index in [0.717, 1.165) is 16.7 Å². The standard InChI is InChI=1S/C16H19ClO3/c1-5-8-20-14(16(3,4)15(18)19)13-7-6-11(2)9-12(13)10-17/h1,6-7,9,14H,8,10H2,2-4H3,(H,18,19). The Kier molecular flexibility index (Phi) is 5.62. The van der Waals surface area contributed by atoms with E-state index in [9.17, 15) is 9.90 Å². The molecule has 1 atom stereocenters. The Morgan fingerprint density at radius 1 is 1.55 bits per heavy atom. The third kappa shape index (κ3) is 3.53. The van der Waals surface area contributed by atoms with Crippen molar-refractivity contribution in [3.8, 4) is 12.3 Å². The quantitative estimate of drug-likeness (QED) is 0.645. The Morgan fingerprint density at radius 3 is 2.70 bits per heavy atom. The second-order valence-corrected chi connectivity index (χ2v) is 5.53. The topological polar surface area (TPSA) is 46.5 Å². The van der Waals surface area contributed by atoms with Crippen molar-refractivity contribution in [3.63, 3.8) is 0 Å². The van der Waals surface area contributed by atoms with Crippen LogP contribution in [0.4, 0.5) is 0 Å². The first-order valence-corrected chi connectivity index (χ1v) is 6.82. The fourth-order valence-electron chi connectivity index (χ4n) is 2.04. The highest BCUT2D eigenvalue weighted by Crippen LogP contribution is 2.39. The first-order chi connectivity index (χ1) is 9.34. The minimum Gasteiger partial charge on any atom is -0.481 e. The molecule has 0 spiro atoms. The lowest BCUT2D eigenvalue weighted by molar-refractivity contribution is -0.156. The molecule has 1 N–H and O–H groups in total. The van der Waals surface area contributed by atoms with Crippen LogP contribution in [0.2, 0.25) is 0 Å². The van der Waals surface area contributed by atoms with Crippen molar-refractivity contribution in [1.29, 1.82) is 0 Å². The molecule has 3 nitrogen and oxygen atoms in total. The molecule has 4 heteroatoms. The van der Waals surface area contributed by atoms with Gasteiger partial charge in [0.15, 0.2) is 0 Å². The van der Waals surface area contributed by atoms with Crippen LogP contribution in [-0.4, -0.2) is 17.7 Å². The number of ether oxygens (including phenoxy) is 1. The van der Waals surface area contributed by atoms with Gasteiger partial charge in [0, 0.05) is 5.88 Å². The number of rotatable bonds is 6. The Balaban J connectivity index is 3.31. The van der Waals surface area contributed by atoms with Crippen LogP contribution in [0.5, 0.6) is 0 Å². The van der Waals surface area contributed by atoms with E-state index in [4.69, 9.17) is 22.8 Å². The van der Waals surface area contributed by atoms with Gasteiger partial charge in [-0.3, -0.25) is 4.79 Å². The van der Waals surface area contributed by atoms with Crippen molar-refractivity contribution in [1.82, 2.24) is 0 Å². The van der Waals surface area contributed by atoms with Crippen molar-refractivity contribution in [2.24, 2.45) is 5.41 Å². The van der Waals surface area contributed by atoms with Gasteiger partial charge in [-0.15, -0.1) is 18.0 Å². The summed E-state index contributed by atoms with van der Waals surface area (Å²) in [5.41, 5.74) is 1.59. The SMILES string of the molecule is C#CCOC(c1ccc(C)cc1CCl)C(C)(C)C(=O)O. The molecule has 108 valence electrons. The molecule has 0 fully saturated rings.